The van der Waals surface area contributed by atoms with Crippen molar-refractivity contribution in [2.24, 2.45) is 0 Å². The SMILES string of the molecule is CC1CCNc2ccc(F)c(F)c2N1. The zero-order valence-corrected chi connectivity index (χ0v) is 7.90. The Bertz CT molecular complexity index is 352. The van der Waals surface area contributed by atoms with Crippen molar-refractivity contribution in [3.63, 3.8) is 0 Å². The highest BCUT2D eigenvalue weighted by molar-refractivity contribution is 5.70. The Morgan fingerprint density at radius 1 is 1.36 bits per heavy atom. The lowest BCUT2D eigenvalue weighted by Gasteiger charge is -2.13. The van der Waals surface area contributed by atoms with Crippen molar-refractivity contribution in [1.82, 2.24) is 0 Å². The molecule has 0 saturated heterocycles. The van der Waals surface area contributed by atoms with Crippen molar-refractivity contribution in [2.75, 3.05) is 17.2 Å². The maximum Gasteiger partial charge on any atom is 0.183 e. The van der Waals surface area contributed by atoms with Gasteiger partial charge in [0.05, 0.1) is 11.4 Å². The Morgan fingerprint density at radius 2 is 2.14 bits per heavy atom. The van der Waals surface area contributed by atoms with Gasteiger partial charge >= 0.3 is 0 Å². The van der Waals surface area contributed by atoms with Crippen LogP contribution in [0.4, 0.5) is 20.2 Å². The summed E-state index contributed by atoms with van der Waals surface area (Å²) in [6, 6.07) is 2.84. The molecule has 2 N–H and O–H groups in total. The van der Waals surface area contributed by atoms with Gasteiger partial charge in [-0.05, 0) is 25.5 Å². The molecule has 0 radical (unpaired) electrons. The second kappa shape index (κ2) is 3.44. The Balaban J connectivity index is 2.46. The lowest BCUT2D eigenvalue weighted by Crippen LogP contribution is -2.15. The molecule has 0 spiro atoms. The summed E-state index contributed by atoms with van der Waals surface area (Å²) < 4.78 is 26.3. The van der Waals surface area contributed by atoms with Gasteiger partial charge in [0, 0.05) is 12.6 Å². The predicted octanol–water partition coefficient (Wildman–Crippen LogP) is 2.58. The first-order valence-electron chi connectivity index (χ1n) is 4.67. The molecular formula is C10H12F2N2. The van der Waals surface area contributed by atoms with Crippen LogP contribution in [0.15, 0.2) is 12.1 Å². The first-order valence-corrected chi connectivity index (χ1v) is 4.67. The molecule has 1 aliphatic heterocycles. The smallest absolute Gasteiger partial charge is 0.183 e. The van der Waals surface area contributed by atoms with Gasteiger partial charge < -0.3 is 10.6 Å². The molecule has 1 aromatic rings. The van der Waals surface area contributed by atoms with E-state index in [0.717, 1.165) is 19.0 Å². The van der Waals surface area contributed by atoms with E-state index < -0.39 is 11.6 Å². The van der Waals surface area contributed by atoms with Crippen LogP contribution in [0.2, 0.25) is 0 Å². The fourth-order valence-electron chi connectivity index (χ4n) is 1.58. The minimum absolute atomic E-state index is 0.153. The van der Waals surface area contributed by atoms with E-state index >= 15 is 0 Å². The van der Waals surface area contributed by atoms with Gasteiger partial charge in [0.2, 0.25) is 0 Å². The Kier molecular flexibility index (Phi) is 2.27. The average molecular weight is 198 g/mol. The molecule has 1 heterocycles. The van der Waals surface area contributed by atoms with E-state index in [0.29, 0.717) is 5.69 Å². The van der Waals surface area contributed by atoms with E-state index in [-0.39, 0.29) is 11.7 Å². The second-order valence-corrected chi connectivity index (χ2v) is 3.54. The molecule has 1 aliphatic rings. The second-order valence-electron chi connectivity index (χ2n) is 3.54. The van der Waals surface area contributed by atoms with Crippen LogP contribution >= 0.6 is 0 Å². The molecule has 2 nitrogen and oxygen atoms in total. The van der Waals surface area contributed by atoms with Crippen molar-refractivity contribution in [2.45, 2.75) is 19.4 Å². The molecule has 1 aromatic carbocycles. The highest BCUT2D eigenvalue weighted by Crippen LogP contribution is 2.29. The first-order chi connectivity index (χ1) is 6.68. The van der Waals surface area contributed by atoms with Gasteiger partial charge in [-0.3, -0.25) is 0 Å². The molecule has 0 fully saturated rings. The Labute approximate surface area is 81.3 Å². The number of nitrogens with one attached hydrogen (secondary N) is 2. The van der Waals surface area contributed by atoms with Gasteiger partial charge in [-0.2, -0.15) is 0 Å². The summed E-state index contributed by atoms with van der Waals surface area (Å²) in [4.78, 5) is 0. The summed E-state index contributed by atoms with van der Waals surface area (Å²) in [5, 5.41) is 6.01. The van der Waals surface area contributed by atoms with Gasteiger partial charge in [0.15, 0.2) is 11.6 Å². The molecule has 4 heteroatoms. The zero-order valence-electron chi connectivity index (χ0n) is 7.90. The van der Waals surface area contributed by atoms with Gasteiger partial charge in [-0.15, -0.1) is 0 Å². The summed E-state index contributed by atoms with van der Waals surface area (Å²) in [7, 11) is 0. The highest BCUT2D eigenvalue weighted by atomic mass is 19.2. The van der Waals surface area contributed by atoms with Gasteiger partial charge in [0.25, 0.3) is 0 Å². The largest absolute Gasteiger partial charge is 0.383 e. The van der Waals surface area contributed by atoms with E-state index in [4.69, 9.17) is 0 Å². The fourth-order valence-corrected chi connectivity index (χ4v) is 1.58. The summed E-state index contributed by atoms with van der Waals surface area (Å²) >= 11 is 0. The monoisotopic (exact) mass is 198 g/mol. The molecule has 14 heavy (non-hydrogen) atoms. The molecule has 1 atom stereocenters. The summed E-state index contributed by atoms with van der Waals surface area (Å²) in [6.07, 6.45) is 0.885. The maximum atomic E-state index is 13.4. The van der Waals surface area contributed by atoms with Crippen LogP contribution in [-0.4, -0.2) is 12.6 Å². The van der Waals surface area contributed by atoms with E-state index in [2.05, 4.69) is 10.6 Å². The molecule has 0 amide bonds. The Hall–Kier alpha value is -1.32. The topological polar surface area (TPSA) is 24.1 Å². The van der Waals surface area contributed by atoms with Crippen molar-refractivity contribution in [1.29, 1.82) is 0 Å². The highest BCUT2D eigenvalue weighted by Gasteiger charge is 2.17. The van der Waals surface area contributed by atoms with Gasteiger partial charge in [0.1, 0.15) is 0 Å². The lowest BCUT2D eigenvalue weighted by atomic mass is 10.2. The molecule has 76 valence electrons. The van der Waals surface area contributed by atoms with Crippen molar-refractivity contribution < 1.29 is 8.78 Å². The number of hydrogen-bond acceptors (Lipinski definition) is 2. The van der Waals surface area contributed by atoms with Crippen LogP contribution in [0.3, 0.4) is 0 Å². The zero-order chi connectivity index (χ0) is 10.1. The molecule has 0 aliphatic carbocycles. The lowest BCUT2D eigenvalue weighted by molar-refractivity contribution is 0.510. The van der Waals surface area contributed by atoms with Gasteiger partial charge in [-0.25, -0.2) is 8.78 Å². The summed E-state index contributed by atoms with van der Waals surface area (Å²) in [6.45, 7) is 2.72. The van der Waals surface area contributed by atoms with Crippen molar-refractivity contribution in [3.8, 4) is 0 Å². The third kappa shape index (κ3) is 1.52. The number of fused-ring (bicyclic) bond motifs is 1. The summed E-state index contributed by atoms with van der Waals surface area (Å²) in [5.74, 6) is -1.61. The van der Waals surface area contributed by atoms with Crippen molar-refractivity contribution in [3.05, 3.63) is 23.8 Å². The van der Waals surface area contributed by atoms with Crippen LogP contribution in [-0.2, 0) is 0 Å². The number of halogens is 2. The normalized spacial score (nSPS) is 20.4. The third-order valence-corrected chi connectivity index (χ3v) is 2.38. The number of anilines is 2. The molecule has 2 rings (SSSR count). The minimum atomic E-state index is -0.813. The van der Waals surface area contributed by atoms with Crippen molar-refractivity contribution >= 4 is 11.4 Å². The Morgan fingerprint density at radius 3 is 2.93 bits per heavy atom. The van der Waals surface area contributed by atoms with E-state index in [1.807, 2.05) is 6.92 Å². The number of benzene rings is 1. The minimum Gasteiger partial charge on any atom is -0.383 e. The van der Waals surface area contributed by atoms with Crippen LogP contribution in [0.1, 0.15) is 13.3 Å². The summed E-state index contributed by atoms with van der Waals surface area (Å²) in [5.41, 5.74) is 0.878. The van der Waals surface area contributed by atoms with Gasteiger partial charge in [-0.1, -0.05) is 0 Å². The maximum absolute atomic E-state index is 13.4. The third-order valence-electron chi connectivity index (χ3n) is 2.38. The first kappa shape index (κ1) is 9.24. The van der Waals surface area contributed by atoms with Crippen LogP contribution < -0.4 is 10.6 Å². The number of hydrogen-bond donors (Lipinski definition) is 2. The molecule has 0 aromatic heterocycles. The molecule has 1 unspecified atom stereocenters. The predicted molar refractivity (Wildman–Crippen MR) is 52.5 cm³/mol. The fraction of sp³-hybridized carbons (Fsp3) is 0.400. The van der Waals surface area contributed by atoms with E-state index in [1.165, 1.54) is 0 Å². The van der Waals surface area contributed by atoms with Crippen LogP contribution in [0.5, 0.6) is 0 Å². The molecule has 0 saturated carbocycles. The molecule has 0 bridgehead atoms. The number of rotatable bonds is 0. The standard InChI is InChI=1S/C10H12F2N2/c1-6-4-5-13-8-3-2-7(11)9(12)10(8)14-6/h2-3,6,13-14H,4-5H2,1H3. The van der Waals surface area contributed by atoms with E-state index in [1.54, 1.807) is 6.07 Å². The molecular weight excluding hydrogens is 186 g/mol. The quantitative estimate of drug-likeness (QED) is 0.669. The van der Waals surface area contributed by atoms with Crippen LogP contribution in [0, 0.1) is 11.6 Å². The van der Waals surface area contributed by atoms with E-state index in [9.17, 15) is 8.78 Å². The average Bonchev–Trinajstić information content (AvgIpc) is 2.34. The van der Waals surface area contributed by atoms with Crippen LogP contribution in [0.25, 0.3) is 0 Å².